The quantitative estimate of drug-likeness (QED) is 0.335. The van der Waals surface area contributed by atoms with Crippen molar-refractivity contribution in [2.24, 2.45) is 0 Å². The molecule has 0 heterocycles. The molecule has 182 valence electrons. The lowest BCUT2D eigenvalue weighted by Gasteiger charge is -2.31. The van der Waals surface area contributed by atoms with Crippen LogP contribution in [0.15, 0.2) is 78.9 Å². The highest BCUT2D eigenvalue weighted by Crippen LogP contribution is 2.22. The van der Waals surface area contributed by atoms with Crippen molar-refractivity contribution in [2.45, 2.75) is 32.4 Å². The molecular weight excluding hydrogens is 446 g/mol. The number of carbonyl (C=O) groups excluding carboxylic acids is 2. The van der Waals surface area contributed by atoms with E-state index >= 15 is 0 Å². The van der Waals surface area contributed by atoms with Crippen LogP contribution in [-0.2, 0) is 29.0 Å². The Morgan fingerprint density at radius 2 is 1.69 bits per heavy atom. The Morgan fingerprint density at radius 3 is 2.37 bits per heavy atom. The maximum Gasteiger partial charge on any atom is 0.273 e. The molecule has 0 aromatic heterocycles. The van der Waals surface area contributed by atoms with E-state index in [1.165, 1.54) is 11.0 Å². The van der Waals surface area contributed by atoms with E-state index in [4.69, 9.17) is 4.74 Å². The Balaban J connectivity index is 2.01. The fourth-order valence-corrected chi connectivity index (χ4v) is 3.92. The third kappa shape index (κ3) is 6.89. The maximum atomic E-state index is 13.7. The van der Waals surface area contributed by atoms with Gasteiger partial charge in [0.2, 0.25) is 11.8 Å². The molecule has 0 saturated carbocycles. The van der Waals surface area contributed by atoms with Gasteiger partial charge in [-0.15, -0.1) is 0 Å². The van der Waals surface area contributed by atoms with E-state index in [2.05, 4.69) is 5.32 Å². The molecule has 0 unspecified atom stereocenters. The van der Waals surface area contributed by atoms with Gasteiger partial charge in [0, 0.05) is 31.1 Å². The summed E-state index contributed by atoms with van der Waals surface area (Å²) in [4.78, 5) is 39.4. The largest absolute Gasteiger partial charge is 0.497 e. The molecule has 35 heavy (non-hydrogen) atoms. The standard InChI is InChI=1S/C27H29N3O5/c1-3-28-27(32)25(17-20-10-5-4-6-11-20)29(19-21-12-9-14-23(16-21)35-2)26(31)18-22-13-7-8-15-24(22)30(33)34/h4-16,25H,3,17-19H2,1-2H3,(H,28,32)/t25-/m0/s1. The predicted octanol–water partition coefficient (Wildman–Crippen LogP) is 3.92. The van der Waals surface area contributed by atoms with E-state index in [0.29, 0.717) is 24.3 Å². The van der Waals surface area contributed by atoms with Crippen LogP contribution >= 0.6 is 0 Å². The Kier molecular flexibility index (Phi) is 8.95. The second kappa shape index (κ2) is 12.3. The van der Waals surface area contributed by atoms with Crippen LogP contribution in [0.4, 0.5) is 5.69 Å². The monoisotopic (exact) mass is 475 g/mol. The van der Waals surface area contributed by atoms with Gasteiger partial charge in [0.1, 0.15) is 11.8 Å². The minimum absolute atomic E-state index is 0.125. The Labute approximate surface area is 204 Å². The summed E-state index contributed by atoms with van der Waals surface area (Å²) in [6.07, 6.45) is 0.102. The third-order valence-corrected chi connectivity index (χ3v) is 5.64. The summed E-state index contributed by atoms with van der Waals surface area (Å²) in [7, 11) is 1.56. The summed E-state index contributed by atoms with van der Waals surface area (Å²) in [5.74, 6) is -0.0318. The average Bonchev–Trinajstić information content (AvgIpc) is 2.87. The first-order valence-electron chi connectivity index (χ1n) is 11.4. The molecule has 3 aromatic rings. The normalized spacial score (nSPS) is 11.4. The van der Waals surface area contributed by atoms with E-state index in [-0.39, 0.29) is 30.5 Å². The van der Waals surface area contributed by atoms with Gasteiger partial charge in [0.25, 0.3) is 5.69 Å². The van der Waals surface area contributed by atoms with Crippen LogP contribution in [0, 0.1) is 10.1 Å². The minimum Gasteiger partial charge on any atom is -0.497 e. The highest BCUT2D eigenvalue weighted by molar-refractivity contribution is 5.89. The number of likely N-dealkylation sites (N-methyl/N-ethyl adjacent to an activating group) is 1. The van der Waals surface area contributed by atoms with Gasteiger partial charge in [0.15, 0.2) is 0 Å². The first-order valence-corrected chi connectivity index (χ1v) is 11.4. The number of hydrogen-bond donors (Lipinski definition) is 1. The molecule has 0 aliphatic carbocycles. The summed E-state index contributed by atoms with van der Waals surface area (Å²) >= 11 is 0. The van der Waals surface area contributed by atoms with Gasteiger partial charge in [-0.05, 0) is 30.2 Å². The SMILES string of the molecule is CCNC(=O)[C@H](Cc1ccccc1)N(Cc1cccc(OC)c1)C(=O)Cc1ccccc1[N+](=O)[O-]. The van der Waals surface area contributed by atoms with Crippen molar-refractivity contribution in [1.29, 1.82) is 0 Å². The third-order valence-electron chi connectivity index (χ3n) is 5.64. The first kappa shape index (κ1) is 25.4. The number of methoxy groups -OCH3 is 1. The summed E-state index contributed by atoms with van der Waals surface area (Å²) in [5.41, 5.74) is 1.85. The fourth-order valence-electron chi connectivity index (χ4n) is 3.92. The minimum atomic E-state index is -0.807. The van der Waals surface area contributed by atoms with Gasteiger partial charge in [-0.1, -0.05) is 60.7 Å². The van der Waals surface area contributed by atoms with E-state index < -0.39 is 11.0 Å². The molecule has 0 aliphatic heterocycles. The molecule has 1 atom stereocenters. The van der Waals surface area contributed by atoms with Crippen molar-refractivity contribution >= 4 is 17.5 Å². The molecule has 0 fully saturated rings. The van der Waals surface area contributed by atoms with Gasteiger partial charge in [-0.25, -0.2) is 0 Å². The summed E-state index contributed by atoms with van der Waals surface area (Å²) < 4.78 is 5.32. The molecule has 2 amide bonds. The second-order valence-electron chi connectivity index (χ2n) is 8.04. The zero-order chi connectivity index (χ0) is 25.2. The van der Waals surface area contributed by atoms with Crippen molar-refractivity contribution in [3.63, 3.8) is 0 Å². The van der Waals surface area contributed by atoms with Crippen LogP contribution in [0.25, 0.3) is 0 Å². The van der Waals surface area contributed by atoms with Crippen LogP contribution in [0.5, 0.6) is 5.75 Å². The van der Waals surface area contributed by atoms with Crippen LogP contribution in [-0.4, -0.2) is 41.3 Å². The first-order chi connectivity index (χ1) is 16.9. The number of nitrogens with one attached hydrogen (secondary N) is 1. The number of ether oxygens (including phenoxy) is 1. The fraction of sp³-hybridized carbons (Fsp3) is 0.259. The smallest absolute Gasteiger partial charge is 0.273 e. The lowest BCUT2D eigenvalue weighted by molar-refractivity contribution is -0.385. The topological polar surface area (TPSA) is 102 Å². The number of nitro benzene ring substituents is 1. The summed E-state index contributed by atoms with van der Waals surface area (Å²) in [6, 6.07) is 22.1. The molecule has 3 rings (SSSR count). The van der Waals surface area contributed by atoms with E-state index in [1.807, 2.05) is 55.5 Å². The number of hydrogen-bond acceptors (Lipinski definition) is 5. The molecule has 0 bridgehead atoms. The number of amides is 2. The van der Waals surface area contributed by atoms with Crippen LogP contribution in [0.3, 0.4) is 0 Å². The lowest BCUT2D eigenvalue weighted by Crippen LogP contribution is -2.51. The van der Waals surface area contributed by atoms with Crippen molar-refractivity contribution < 1.29 is 19.2 Å². The van der Waals surface area contributed by atoms with Crippen molar-refractivity contribution in [1.82, 2.24) is 10.2 Å². The van der Waals surface area contributed by atoms with Crippen LogP contribution < -0.4 is 10.1 Å². The van der Waals surface area contributed by atoms with Crippen molar-refractivity contribution in [3.05, 3.63) is 106 Å². The molecule has 8 nitrogen and oxygen atoms in total. The maximum absolute atomic E-state index is 13.7. The van der Waals surface area contributed by atoms with E-state index in [1.54, 1.807) is 31.4 Å². The molecule has 3 aromatic carbocycles. The molecular formula is C27H29N3O5. The zero-order valence-electron chi connectivity index (χ0n) is 19.8. The second-order valence-corrected chi connectivity index (χ2v) is 8.04. The molecule has 0 spiro atoms. The molecule has 1 N–H and O–H groups in total. The summed E-state index contributed by atoms with van der Waals surface area (Å²) in [5, 5.41) is 14.3. The van der Waals surface area contributed by atoms with Gasteiger partial charge < -0.3 is 15.0 Å². The highest BCUT2D eigenvalue weighted by atomic mass is 16.6. The molecule has 0 saturated heterocycles. The number of rotatable bonds is 11. The Morgan fingerprint density at radius 1 is 1.00 bits per heavy atom. The van der Waals surface area contributed by atoms with Crippen molar-refractivity contribution in [2.75, 3.05) is 13.7 Å². The lowest BCUT2D eigenvalue weighted by atomic mass is 10.0. The highest BCUT2D eigenvalue weighted by Gasteiger charge is 2.31. The average molecular weight is 476 g/mol. The van der Waals surface area contributed by atoms with E-state index in [9.17, 15) is 19.7 Å². The Hall–Kier alpha value is -4.20. The number of benzene rings is 3. The Bertz CT molecular complexity index is 1170. The predicted molar refractivity (Wildman–Crippen MR) is 133 cm³/mol. The van der Waals surface area contributed by atoms with Crippen molar-refractivity contribution in [3.8, 4) is 5.75 Å². The van der Waals surface area contributed by atoms with Gasteiger partial charge in [-0.3, -0.25) is 19.7 Å². The van der Waals surface area contributed by atoms with Gasteiger partial charge in [-0.2, -0.15) is 0 Å². The number of nitro groups is 1. The van der Waals surface area contributed by atoms with Crippen LogP contribution in [0.2, 0.25) is 0 Å². The van der Waals surface area contributed by atoms with Gasteiger partial charge >= 0.3 is 0 Å². The summed E-state index contributed by atoms with van der Waals surface area (Å²) in [6.45, 7) is 2.37. The number of para-hydroxylation sites is 1. The van der Waals surface area contributed by atoms with Crippen LogP contribution in [0.1, 0.15) is 23.6 Å². The molecule has 8 heteroatoms. The van der Waals surface area contributed by atoms with Gasteiger partial charge in [0.05, 0.1) is 18.5 Å². The number of carbonyl (C=O) groups is 2. The number of nitrogens with zero attached hydrogens (tertiary/aromatic N) is 2. The zero-order valence-corrected chi connectivity index (χ0v) is 19.8. The molecule has 0 aliphatic rings. The van der Waals surface area contributed by atoms with E-state index in [0.717, 1.165) is 11.1 Å². The molecule has 0 radical (unpaired) electrons.